The molecule has 0 aromatic carbocycles. The van der Waals surface area contributed by atoms with Gasteiger partial charge in [0.05, 0.1) is 6.04 Å². The van der Waals surface area contributed by atoms with Crippen LogP contribution in [0, 0.1) is 5.92 Å². The third-order valence-corrected chi connectivity index (χ3v) is 3.44. The molecule has 2 fully saturated rings. The van der Waals surface area contributed by atoms with Crippen LogP contribution in [0.5, 0.6) is 0 Å². The van der Waals surface area contributed by atoms with Crippen molar-refractivity contribution in [1.29, 1.82) is 0 Å². The van der Waals surface area contributed by atoms with Crippen molar-refractivity contribution in [2.75, 3.05) is 13.1 Å². The number of rotatable bonds is 2. The van der Waals surface area contributed by atoms with E-state index >= 15 is 0 Å². The molecule has 0 radical (unpaired) electrons. The topological polar surface area (TPSA) is 49.4 Å². The zero-order valence-corrected chi connectivity index (χ0v) is 9.16. The number of carbonyl (C=O) groups is 2. The number of likely N-dealkylation sites (tertiary alicyclic amines) is 1. The Hall–Kier alpha value is -0.900. The lowest BCUT2D eigenvalue weighted by Crippen LogP contribution is -2.49. The second kappa shape index (κ2) is 4.31. The quantitative estimate of drug-likeness (QED) is 0.676. The number of imide groups is 1. The molecule has 1 unspecified atom stereocenters. The summed E-state index contributed by atoms with van der Waals surface area (Å²) in [5.74, 6) is 0.342. The van der Waals surface area contributed by atoms with E-state index in [1.807, 2.05) is 6.92 Å². The van der Waals surface area contributed by atoms with Crippen molar-refractivity contribution in [3.8, 4) is 0 Å². The van der Waals surface area contributed by atoms with Crippen molar-refractivity contribution in [2.24, 2.45) is 5.92 Å². The summed E-state index contributed by atoms with van der Waals surface area (Å²) in [7, 11) is 0. The number of hydrogen-bond donors (Lipinski definition) is 1. The average Bonchev–Trinajstić information content (AvgIpc) is 2.69. The lowest BCUT2D eigenvalue weighted by atomic mass is 9.92. The highest BCUT2D eigenvalue weighted by molar-refractivity contribution is 5.98. The normalized spacial score (nSPS) is 28.9. The first-order valence-corrected chi connectivity index (χ1v) is 5.78. The van der Waals surface area contributed by atoms with E-state index in [-0.39, 0.29) is 23.8 Å². The molecule has 0 bridgehead atoms. The molecular formula is C11H18N2O2. The first kappa shape index (κ1) is 10.6. The van der Waals surface area contributed by atoms with Gasteiger partial charge in [0.25, 0.3) is 0 Å². The summed E-state index contributed by atoms with van der Waals surface area (Å²) in [6, 6.07) is 0.114. The number of nitrogens with zero attached hydrogens (tertiary/aromatic N) is 1. The minimum atomic E-state index is 0.0341. The molecule has 2 amide bonds. The van der Waals surface area contributed by atoms with Gasteiger partial charge in [0.2, 0.25) is 11.8 Å². The van der Waals surface area contributed by atoms with E-state index in [9.17, 15) is 9.59 Å². The third-order valence-electron chi connectivity index (χ3n) is 3.44. The predicted octanol–water partition coefficient (Wildman–Crippen LogP) is 0.524. The molecule has 2 rings (SSSR count). The Morgan fingerprint density at radius 2 is 2.00 bits per heavy atom. The van der Waals surface area contributed by atoms with Crippen LogP contribution in [-0.2, 0) is 9.59 Å². The van der Waals surface area contributed by atoms with Gasteiger partial charge < -0.3 is 5.32 Å². The summed E-state index contributed by atoms with van der Waals surface area (Å²) >= 11 is 0. The zero-order valence-electron chi connectivity index (χ0n) is 9.16. The summed E-state index contributed by atoms with van der Waals surface area (Å²) in [4.78, 5) is 25.2. The Bertz CT molecular complexity index is 254. The monoisotopic (exact) mass is 210 g/mol. The smallest absolute Gasteiger partial charge is 0.229 e. The Labute approximate surface area is 90.0 Å². The molecule has 84 valence electrons. The van der Waals surface area contributed by atoms with Crippen molar-refractivity contribution in [2.45, 2.75) is 38.6 Å². The van der Waals surface area contributed by atoms with Crippen LogP contribution in [-0.4, -0.2) is 35.8 Å². The van der Waals surface area contributed by atoms with E-state index in [2.05, 4.69) is 5.32 Å². The van der Waals surface area contributed by atoms with Crippen LogP contribution in [0.25, 0.3) is 0 Å². The van der Waals surface area contributed by atoms with E-state index in [0.717, 1.165) is 25.9 Å². The van der Waals surface area contributed by atoms with Crippen molar-refractivity contribution < 1.29 is 9.59 Å². The molecule has 2 aliphatic heterocycles. The second-order valence-electron chi connectivity index (χ2n) is 4.49. The maximum Gasteiger partial charge on any atom is 0.229 e. The van der Waals surface area contributed by atoms with Crippen LogP contribution in [0.3, 0.4) is 0 Å². The van der Waals surface area contributed by atoms with E-state index in [4.69, 9.17) is 0 Å². The predicted molar refractivity (Wildman–Crippen MR) is 56.1 cm³/mol. The van der Waals surface area contributed by atoms with E-state index in [1.165, 1.54) is 4.90 Å². The van der Waals surface area contributed by atoms with Crippen molar-refractivity contribution >= 4 is 11.8 Å². The van der Waals surface area contributed by atoms with E-state index in [0.29, 0.717) is 12.8 Å². The van der Waals surface area contributed by atoms with Gasteiger partial charge in [-0.1, -0.05) is 13.3 Å². The van der Waals surface area contributed by atoms with Crippen LogP contribution in [0.15, 0.2) is 0 Å². The summed E-state index contributed by atoms with van der Waals surface area (Å²) in [5.41, 5.74) is 0. The molecule has 2 aliphatic rings. The molecule has 4 nitrogen and oxygen atoms in total. The SMILES string of the molecule is CCC1CC(=O)N(C2CCNC2)C(=O)C1. The number of hydrogen-bond acceptors (Lipinski definition) is 3. The molecule has 0 saturated carbocycles. The minimum Gasteiger partial charge on any atom is -0.315 e. The van der Waals surface area contributed by atoms with Crippen LogP contribution in [0.1, 0.15) is 32.6 Å². The summed E-state index contributed by atoms with van der Waals surface area (Å²) < 4.78 is 0. The van der Waals surface area contributed by atoms with Gasteiger partial charge in [-0.25, -0.2) is 0 Å². The molecule has 2 heterocycles. The lowest BCUT2D eigenvalue weighted by Gasteiger charge is -2.33. The third kappa shape index (κ3) is 2.04. The van der Waals surface area contributed by atoms with E-state index < -0.39 is 0 Å². The van der Waals surface area contributed by atoms with Crippen LogP contribution < -0.4 is 5.32 Å². The minimum absolute atomic E-state index is 0.0341. The molecule has 4 heteroatoms. The van der Waals surface area contributed by atoms with Crippen molar-refractivity contribution in [3.05, 3.63) is 0 Å². The Morgan fingerprint density at radius 3 is 2.47 bits per heavy atom. The van der Waals surface area contributed by atoms with Crippen LogP contribution in [0.2, 0.25) is 0 Å². The maximum atomic E-state index is 11.8. The van der Waals surface area contributed by atoms with Crippen LogP contribution >= 0.6 is 0 Å². The number of piperidine rings is 1. The highest BCUT2D eigenvalue weighted by atomic mass is 16.2. The zero-order chi connectivity index (χ0) is 10.8. The average molecular weight is 210 g/mol. The van der Waals surface area contributed by atoms with Gasteiger partial charge in [-0.2, -0.15) is 0 Å². The second-order valence-corrected chi connectivity index (χ2v) is 4.49. The van der Waals surface area contributed by atoms with Gasteiger partial charge in [0, 0.05) is 19.4 Å². The highest BCUT2D eigenvalue weighted by Gasteiger charge is 2.37. The summed E-state index contributed by atoms with van der Waals surface area (Å²) in [6.45, 7) is 3.73. The molecular weight excluding hydrogens is 192 g/mol. The molecule has 1 atom stereocenters. The maximum absolute atomic E-state index is 11.8. The highest BCUT2D eigenvalue weighted by Crippen LogP contribution is 2.25. The number of amides is 2. The fraction of sp³-hybridized carbons (Fsp3) is 0.818. The van der Waals surface area contributed by atoms with Gasteiger partial charge in [-0.3, -0.25) is 14.5 Å². The molecule has 0 aromatic heterocycles. The largest absolute Gasteiger partial charge is 0.315 e. The van der Waals surface area contributed by atoms with E-state index in [1.54, 1.807) is 0 Å². The van der Waals surface area contributed by atoms with Crippen molar-refractivity contribution in [3.63, 3.8) is 0 Å². The Morgan fingerprint density at radius 1 is 1.33 bits per heavy atom. The van der Waals surface area contributed by atoms with Gasteiger partial charge >= 0.3 is 0 Å². The number of carbonyl (C=O) groups excluding carboxylic acids is 2. The van der Waals surface area contributed by atoms with Crippen molar-refractivity contribution in [1.82, 2.24) is 10.2 Å². The first-order chi connectivity index (χ1) is 7.22. The number of nitrogens with one attached hydrogen (secondary N) is 1. The standard InChI is InChI=1S/C11H18N2O2/c1-2-8-5-10(14)13(11(15)6-8)9-3-4-12-7-9/h8-9,12H,2-7H2,1H3. The molecule has 1 N–H and O–H groups in total. The van der Waals surface area contributed by atoms with Gasteiger partial charge in [0.15, 0.2) is 0 Å². The summed E-state index contributed by atoms with van der Waals surface area (Å²) in [6.07, 6.45) is 2.94. The summed E-state index contributed by atoms with van der Waals surface area (Å²) in [5, 5.41) is 3.19. The lowest BCUT2D eigenvalue weighted by molar-refractivity contribution is -0.152. The molecule has 0 aliphatic carbocycles. The fourth-order valence-corrected chi connectivity index (χ4v) is 2.46. The Balaban J connectivity index is 2.05. The molecule has 0 spiro atoms. The van der Waals surface area contributed by atoms with Crippen LogP contribution in [0.4, 0.5) is 0 Å². The van der Waals surface area contributed by atoms with Gasteiger partial charge in [0.1, 0.15) is 0 Å². The molecule has 15 heavy (non-hydrogen) atoms. The van der Waals surface area contributed by atoms with Gasteiger partial charge in [-0.05, 0) is 18.9 Å². The Kier molecular flexibility index (Phi) is 3.05. The first-order valence-electron chi connectivity index (χ1n) is 5.78. The van der Waals surface area contributed by atoms with Gasteiger partial charge in [-0.15, -0.1) is 0 Å². The fourth-order valence-electron chi connectivity index (χ4n) is 2.46. The molecule has 2 saturated heterocycles. The molecule has 0 aromatic rings.